The molecule has 7 heteroatoms. The van der Waals surface area contributed by atoms with E-state index < -0.39 is 16.2 Å². The predicted octanol–water partition coefficient (Wildman–Crippen LogP) is 2.00. The average Bonchev–Trinajstić information content (AvgIpc) is 2.36. The summed E-state index contributed by atoms with van der Waals surface area (Å²) in [6, 6.07) is 3.85. The number of nitrogens with zero attached hydrogens (tertiary/aromatic N) is 1. The van der Waals surface area contributed by atoms with E-state index in [9.17, 15) is 14.9 Å². The van der Waals surface area contributed by atoms with Gasteiger partial charge in [-0.1, -0.05) is 25.4 Å². The lowest BCUT2D eigenvalue weighted by Gasteiger charge is -2.21. The summed E-state index contributed by atoms with van der Waals surface area (Å²) in [5.74, 6) is -0.443. The zero-order chi connectivity index (χ0) is 14.6. The summed E-state index contributed by atoms with van der Waals surface area (Å²) in [6.07, 6.45) is 0. The summed E-state index contributed by atoms with van der Waals surface area (Å²) in [6.45, 7) is 3.77. The number of nitrogens with one attached hydrogen (secondary N) is 1. The molecule has 0 aliphatic carbocycles. The molecule has 1 amide bonds. The molecule has 104 valence electrons. The second-order valence-corrected chi connectivity index (χ2v) is 5.34. The predicted molar refractivity (Wildman–Crippen MR) is 71.3 cm³/mol. The van der Waals surface area contributed by atoms with E-state index in [0.29, 0.717) is 0 Å². The summed E-state index contributed by atoms with van der Waals surface area (Å²) >= 11 is 5.66. The van der Waals surface area contributed by atoms with Crippen LogP contribution in [0.2, 0.25) is 5.02 Å². The standard InChI is InChI=1S/C12H15ClN2O4/c1-12(2,7-16)6-14-11(17)8-3-4-9(13)10(5-8)15(18)19/h3-5,16H,6-7H2,1-2H3,(H,14,17). The molecule has 0 atom stereocenters. The third kappa shape index (κ3) is 4.18. The lowest BCUT2D eigenvalue weighted by atomic mass is 9.95. The third-order valence-corrected chi connectivity index (χ3v) is 2.88. The SMILES string of the molecule is CC(C)(CO)CNC(=O)c1ccc(Cl)c([N+](=O)[O-])c1. The van der Waals surface area contributed by atoms with Gasteiger partial charge in [0.15, 0.2) is 0 Å². The number of amides is 1. The first-order valence-electron chi connectivity index (χ1n) is 5.60. The van der Waals surface area contributed by atoms with E-state index in [0.717, 1.165) is 6.07 Å². The van der Waals surface area contributed by atoms with Crippen LogP contribution < -0.4 is 5.32 Å². The molecule has 0 aromatic heterocycles. The van der Waals surface area contributed by atoms with E-state index in [-0.39, 0.29) is 29.4 Å². The minimum atomic E-state index is -0.642. The summed E-state index contributed by atoms with van der Waals surface area (Å²) in [7, 11) is 0. The summed E-state index contributed by atoms with van der Waals surface area (Å²) in [5.41, 5.74) is -0.603. The second kappa shape index (κ2) is 5.99. The Kier molecular flexibility index (Phi) is 4.85. The van der Waals surface area contributed by atoms with Crippen molar-refractivity contribution < 1.29 is 14.8 Å². The van der Waals surface area contributed by atoms with Crippen LogP contribution in [0, 0.1) is 15.5 Å². The maximum Gasteiger partial charge on any atom is 0.288 e. The van der Waals surface area contributed by atoms with Crippen molar-refractivity contribution in [2.24, 2.45) is 5.41 Å². The fourth-order valence-electron chi connectivity index (χ4n) is 1.27. The highest BCUT2D eigenvalue weighted by Gasteiger charge is 2.20. The summed E-state index contributed by atoms with van der Waals surface area (Å²) in [5, 5.41) is 22.4. The molecule has 1 rings (SSSR count). The maximum absolute atomic E-state index is 11.8. The van der Waals surface area contributed by atoms with Gasteiger partial charge in [0, 0.05) is 30.2 Å². The molecule has 1 aromatic rings. The largest absolute Gasteiger partial charge is 0.396 e. The van der Waals surface area contributed by atoms with Crippen LogP contribution in [-0.2, 0) is 0 Å². The lowest BCUT2D eigenvalue weighted by molar-refractivity contribution is -0.384. The van der Waals surface area contributed by atoms with E-state index in [4.69, 9.17) is 16.7 Å². The molecule has 0 saturated carbocycles. The molecule has 0 unspecified atom stereocenters. The van der Waals surface area contributed by atoms with Crippen molar-refractivity contribution in [3.05, 3.63) is 38.9 Å². The Hall–Kier alpha value is -1.66. The normalized spacial score (nSPS) is 11.2. The number of hydrogen-bond acceptors (Lipinski definition) is 4. The number of aliphatic hydroxyl groups is 1. The Morgan fingerprint density at radius 2 is 2.16 bits per heavy atom. The minimum absolute atomic E-state index is 0.0164. The van der Waals surface area contributed by atoms with Gasteiger partial charge in [-0.05, 0) is 12.1 Å². The second-order valence-electron chi connectivity index (χ2n) is 4.93. The van der Waals surface area contributed by atoms with E-state index in [2.05, 4.69) is 5.32 Å². The van der Waals surface area contributed by atoms with Gasteiger partial charge in [0.2, 0.25) is 0 Å². The molecule has 0 fully saturated rings. The van der Waals surface area contributed by atoms with Gasteiger partial charge in [0.25, 0.3) is 11.6 Å². The molecule has 0 saturated heterocycles. The van der Waals surface area contributed by atoms with Crippen molar-refractivity contribution in [3.8, 4) is 0 Å². The number of hydrogen-bond donors (Lipinski definition) is 2. The number of halogens is 1. The van der Waals surface area contributed by atoms with Crippen LogP contribution in [0.15, 0.2) is 18.2 Å². The Bertz CT molecular complexity index is 503. The smallest absolute Gasteiger partial charge is 0.288 e. The maximum atomic E-state index is 11.8. The zero-order valence-electron chi connectivity index (χ0n) is 10.6. The first-order valence-corrected chi connectivity index (χ1v) is 5.97. The van der Waals surface area contributed by atoms with Crippen LogP contribution in [0.25, 0.3) is 0 Å². The molecule has 0 aliphatic rings. The number of nitro groups is 1. The number of carbonyl (C=O) groups is 1. The van der Waals surface area contributed by atoms with Crippen LogP contribution in [0.4, 0.5) is 5.69 Å². The van der Waals surface area contributed by atoms with Crippen molar-refractivity contribution in [1.82, 2.24) is 5.32 Å². The number of nitro benzene ring substituents is 1. The molecular weight excluding hydrogens is 272 g/mol. The molecule has 0 aliphatic heterocycles. The molecule has 0 radical (unpaired) electrons. The van der Waals surface area contributed by atoms with Crippen molar-refractivity contribution in [2.75, 3.05) is 13.2 Å². The Morgan fingerprint density at radius 1 is 1.53 bits per heavy atom. The quantitative estimate of drug-likeness (QED) is 0.639. The van der Waals surface area contributed by atoms with Gasteiger partial charge in [0.1, 0.15) is 5.02 Å². The average molecular weight is 287 g/mol. The van der Waals surface area contributed by atoms with Gasteiger partial charge in [-0.3, -0.25) is 14.9 Å². The van der Waals surface area contributed by atoms with E-state index >= 15 is 0 Å². The molecule has 0 spiro atoms. The van der Waals surface area contributed by atoms with Crippen molar-refractivity contribution >= 4 is 23.2 Å². The van der Waals surface area contributed by atoms with Gasteiger partial charge in [0.05, 0.1) is 4.92 Å². The highest BCUT2D eigenvalue weighted by molar-refractivity contribution is 6.32. The van der Waals surface area contributed by atoms with Crippen LogP contribution in [0.3, 0.4) is 0 Å². The van der Waals surface area contributed by atoms with Crippen molar-refractivity contribution in [3.63, 3.8) is 0 Å². The van der Waals surface area contributed by atoms with E-state index in [1.54, 1.807) is 13.8 Å². The van der Waals surface area contributed by atoms with E-state index in [1.165, 1.54) is 12.1 Å². The molecule has 2 N–H and O–H groups in total. The Balaban J connectivity index is 2.84. The summed E-state index contributed by atoms with van der Waals surface area (Å²) < 4.78 is 0. The van der Waals surface area contributed by atoms with Gasteiger partial charge in [-0.15, -0.1) is 0 Å². The fraction of sp³-hybridized carbons (Fsp3) is 0.417. The van der Waals surface area contributed by atoms with Crippen LogP contribution >= 0.6 is 11.6 Å². The Morgan fingerprint density at radius 3 is 2.68 bits per heavy atom. The highest BCUT2D eigenvalue weighted by atomic mass is 35.5. The monoisotopic (exact) mass is 286 g/mol. The van der Waals surface area contributed by atoms with Gasteiger partial charge in [-0.2, -0.15) is 0 Å². The molecule has 6 nitrogen and oxygen atoms in total. The Labute approximate surface area is 115 Å². The van der Waals surface area contributed by atoms with Crippen LogP contribution in [0.1, 0.15) is 24.2 Å². The lowest BCUT2D eigenvalue weighted by Crippen LogP contribution is -2.36. The van der Waals surface area contributed by atoms with Crippen molar-refractivity contribution in [1.29, 1.82) is 0 Å². The molecule has 1 aromatic carbocycles. The number of aliphatic hydroxyl groups excluding tert-OH is 1. The minimum Gasteiger partial charge on any atom is -0.396 e. The zero-order valence-corrected chi connectivity index (χ0v) is 11.4. The summed E-state index contributed by atoms with van der Waals surface area (Å²) in [4.78, 5) is 21.9. The van der Waals surface area contributed by atoms with Crippen LogP contribution in [-0.4, -0.2) is 29.1 Å². The van der Waals surface area contributed by atoms with Crippen molar-refractivity contribution in [2.45, 2.75) is 13.8 Å². The van der Waals surface area contributed by atoms with Gasteiger partial charge in [-0.25, -0.2) is 0 Å². The molecule has 0 heterocycles. The molecular formula is C12H15ClN2O4. The van der Waals surface area contributed by atoms with E-state index in [1.807, 2.05) is 0 Å². The molecule has 0 bridgehead atoms. The van der Waals surface area contributed by atoms with Gasteiger partial charge < -0.3 is 10.4 Å². The number of benzene rings is 1. The fourth-order valence-corrected chi connectivity index (χ4v) is 1.46. The number of carbonyl (C=O) groups excluding carboxylic acids is 1. The van der Waals surface area contributed by atoms with Crippen LogP contribution in [0.5, 0.6) is 0 Å². The topological polar surface area (TPSA) is 92.5 Å². The first-order chi connectivity index (χ1) is 8.76. The first kappa shape index (κ1) is 15.4. The third-order valence-electron chi connectivity index (χ3n) is 2.56. The molecule has 19 heavy (non-hydrogen) atoms. The highest BCUT2D eigenvalue weighted by Crippen LogP contribution is 2.25. The number of rotatable bonds is 5. The van der Waals surface area contributed by atoms with Gasteiger partial charge >= 0.3 is 0 Å².